The highest BCUT2D eigenvalue weighted by Crippen LogP contribution is 2.31. The number of alkyl halides is 1. The van der Waals surface area contributed by atoms with Crippen molar-refractivity contribution >= 4 is 27.6 Å². The van der Waals surface area contributed by atoms with Crippen LogP contribution in [0.5, 0.6) is 0 Å². The summed E-state index contributed by atoms with van der Waals surface area (Å²) in [7, 11) is 0. The summed E-state index contributed by atoms with van der Waals surface area (Å²) in [6, 6.07) is 13.8. The summed E-state index contributed by atoms with van der Waals surface area (Å²) in [4.78, 5) is 16.9. The first-order valence-electron chi connectivity index (χ1n) is 10.1. The summed E-state index contributed by atoms with van der Waals surface area (Å²) in [5.74, 6) is 0.610. The molecule has 0 amide bonds. The molecule has 156 valence electrons. The molecule has 2 N–H and O–H groups in total. The van der Waals surface area contributed by atoms with E-state index in [4.69, 9.17) is 0 Å². The molecule has 0 fully saturated rings. The minimum absolute atomic E-state index is 0.500. The van der Waals surface area contributed by atoms with E-state index in [1.165, 1.54) is 6.08 Å². The van der Waals surface area contributed by atoms with Crippen LogP contribution in [0.4, 0.5) is 4.39 Å². The van der Waals surface area contributed by atoms with E-state index < -0.39 is 6.67 Å². The number of nitrogens with one attached hydrogen (secondary N) is 2. The number of rotatable bonds is 6. The van der Waals surface area contributed by atoms with Crippen molar-refractivity contribution in [2.75, 3.05) is 6.67 Å². The van der Waals surface area contributed by atoms with Crippen molar-refractivity contribution in [3.05, 3.63) is 91.3 Å². The first-order valence-corrected chi connectivity index (χ1v) is 10.1. The number of nitrogens with zero attached hydrogens (tertiary/aromatic N) is 4. The van der Waals surface area contributed by atoms with E-state index in [-0.39, 0.29) is 0 Å². The molecule has 4 aromatic heterocycles. The van der Waals surface area contributed by atoms with Crippen LogP contribution >= 0.6 is 0 Å². The molecule has 0 aliphatic rings. The van der Waals surface area contributed by atoms with E-state index in [2.05, 4.69) is 42.8 Å². The Labute approximate surface area is 183 Å². The molecule has 5 aromatic rings. The molecule has 0 spiro atoms. The molecule has 4 heterocycles. The van der Waals surface area contributed by atoms with Crippen LogP contribution in [0, 0.1) is 0 Å². The zero-order valence-electron chi connectivity index (χ0n) is 17.1. The average molecular weight is 422 g/mol. The lowest BCUT2D eigenvalue weighted by Crippen LogP contribution is -1.85. The number of hydrogen-bond donors (Lipinski definition) is 2. The van der Waals surface area contributed by atoms with E-state index in [1.807, 2.05) is 42.5 Å². The molecule has 0 atom stereocenters. The molecule has 0 aliphatic carbocycles. The smallest absolute Gasteiger partial charge is 0.178 e. The molecule has 0 saturated heterocycles. The largest absolute Gasteiger partial charge is 0.335 e. The second-order valence-corrected chi connectivity index (χ2v) is 7.16. The number of imidazole rings is 1. The van der Waals surface area contributed by atoms with Gasteiger partial charge in [0.1, 0.15) is 12.4 Å². The van der Waals surface area contributed by atoms with Crippen LogP contribution < -0.4 is 0 Å². The summed E-state index contributed by atoms with van der Waals surface area (Å²) < 4.78 is 12.2. The SMILES string of the molecule is C=C(/C=C\C=C/CF)c1ccnc2nc(-c3n[nH]c4ccc(-c5ccccn5)cc34)[nH]c12. The summed E-state index contributed by atoms with van der Waals surface area (Å²) in [5.41, 5.74) is 6.46. The van der Waals surface area contributed by atoms with Gasteiger partial charge >= 0.3 is 0 Å². The van der Waals surface area contributed by atoms with Gasteiger partial charge in [0.25, 0.3) is 0 Å². The van der Waals surface area contributed by atoms with Crippen LogP contribution in [0.2, 0.25) is 0 Å². The fourth-order valence-electron chi connectivity index (χ4n) is 3.57. The number of allylic oxidation sites excluding steroid dienone is 5. The molecule has 0 aliphatic heterocycles. The van der Waals surface area contributed by atoms with Gasteiger partial charge in [0, 0.05) is 28.9 Å². The monoisotopic (exact) mass is 422 g/mol. The van der Waals surface area contributed by atoms with Crippen molar-refractivity contribution in [1.82, 2.24) is 30.1 Å². The fourth-order valence-corrected chi connectivity index (χ4v) is 3.57. The number of benzene rings is 1. The maximum atomic E-state index is 12.2. The Balaban J connectivity index is 1.57. The Morgan fingerprint density at radius 2 is 2.00 bits per heavy atom. The molecule has 32 heavy (non-hydrogen) atoms. The van der Waals surface area contributed by atoms with Crippen molar-refractivity contribution in [2.24, 2.45) is 0 Å². The molecule has 7 heteroatoms. The minimum Gasteiger partial charge on any atom is -0.335 e. The Hall–Kier alpha value is -4.39. The highest BCUT2D eigenvalue weighted by Gasteiger charge is 2.16. The Morgan fingerprint density at radius 3 is 2.84 bits per heavy atom. The van der Waals surface area contributed by atoms with E-state index in [1.54, 1.807) is 24.5 Å². The summed E-state index contributed by atoms with van der Waals surface area (Å²) in [5, 5.41) is 8.50. The number of fused-ring (bicyclic) bond motifs is 2. The number of hydrogen-bond acceptors (Lipinski definition) is 4. The molecule has 6 nitrogen and oxygen atoms in total. The Bertz CT molecular complexity index is 1480. The molecule has 1 aromatic carbocycles. The van der Waals surface area contributed by atoms with Gasteiger partial charge in [-0.1, -0.05) is 43.0 Å². The third-order valence-corrected chi connectivity index (χ3v) is 5.12. The van der Waals surface area contributed by atoms with Gasteiger partial charge in [-0.05, 0) is 35.9 Å². The van der Waals surface area contributed by atoms with Crippen molar-refractivity contribution in [1.29, 1.82) is 0 Å². The van der Waals surface area contributed by atoms with Gasteiger partial charge in [-0.3, -0.25) is 10.1 Å². The third kappa shape index (κ3) is 3.60. The number of halogens is 1. The minimum atomic E-state index is -0.500. The Kier molecular flexibility index (Phi) is 5.13. The quantitative estimate of drug-likeness (QED) is 0.346. The average Bonchev–Trinajstić information content (AvgIpc) is 3.45. The fraction of sp³-hybridized carbons (Fsp3) is 0.0400. The van der Waals surface area contributed by atoms with Crippen LogP contribution in [0.3, 0.4) is 0 Å². The second-order valence-electron chi connectivity index (χ2n) is 7.16. The van der Waals surface area contributed by atoms with Crippen molar-refractivity contribution in [2.45, 2.75) is 0 Å². The predicted molar refractivity (Wildman–Crippen MR) is 125 cm³/mol. The van der Waals surface area contributed by atoms with Gasteiger partial charge in [-0.15, -0.1) is 0 Å². The summed E-state index contributed by atoms with van der Waals surface area (Å²) in [6.45, 7) is 3.62. The standard InChI is InChI=1S/C25H19FN6/c1-16(7-3-2-5-12-26)18-11-14-28-24-22(18)29-25(30-24)23-19-15-17(9-10-21(19)31-32-23)20-8-4-6-13-27-20/h2-11,13-15H,1,12H2,(H,31,32)(H,28,29,30)/b5-2-,7-3-. The van der Waals surface area contributed by atoms with Crippen LogP contribution in [0.25, 0.3) is 50.4 Å². The zero-order valence-corrected chi connectivity index (χ0v) is 17.1. The van der Waals surface area contributed by atoms with Gasteiger partial charge in [0.2, 0.25) is 0 Å². The van der Waals surface area contributed by atoms with E-state index >= 15 is 0 Å². The lowest BCUT2D eigenvalue weighted by atomic mass is 10.1. The van der Waals surface area contributed by atoms with Gasteiger partial charge in [0.15, 0.2) is 11.5 Å². The molecular weight excluding hydrogens is 403 g/mol. The number of pyridine rings is 2. The van der Waals surface area contributed by atoms with Crippen molar-refractivity contribution in [3.8, 4) is 22.8 Å². The van der Waals surface area contributed by atoms with E-state index in [9.17, 15) is 4.39 Å². The molecule has 0 radical (unpaired) electrons. The maximum absolute atomic E-state index is 12.2. The summed E-state index contributed by atoms with van der Waals surface area (Å²) in [6.07, 6.45) is 10.1. The lowest BCUT2D eigenvalue weighted by Gasteiger charge is -2.01. The summed E-state index contributed by atoms with van der Waals surface area (Å²) >= 11 is 0. The van der Waals surface area contributed by atoms with Gasteiger partial charge in [0.05, 0.1) is 16.7 Å². The lowest BCUT2D eigenvalue weighted by molar-refractivity contribution is 0.562. The number of H-pyrrole nitrogens is 2. The number of aromatic amines is 2. The van der Waals surface area contributed by atoms with E-state index in [0.717, 1.165) is 38.8 Å². The topological polar surface area (TPSA) is 83.1 Å². The van der Waals surface area contributed by atoms with Crippen LogP contribution in [0.1, 0.15) is 5.56 Å². The maximum Gasteiger partial charge on any atom is 0.178 e. The molecule has 5 rings (SSSR count). The molecule has 0 unspecified atom stereocenters. The first-order chi connectivity index (χ1) is 15.7. The van der Waals surface area contributed by atoms with Gasteiger partial charge in [-0.2, -0.15) is 5.10 Å². The molecule has 0 bridgehead atoms. The molecule has 0 saturated carbocycles. The van der Waals surface area contributed by atoms with Gasteiger partial charge < -0.3 is 4.98 Å². The van der Waals surface area contributed by atoms with Crippen molar-refractivity contribution in [3.63, 3.8) is 0 Å². The third-order valence-electron chi connectivity index (χ3n) is 5.12. The van der Waals surface area contributed by atoms with E-state index in [0.29, 0.717) is 17.2 Å². The normalized spacial score (nSPS) is 11.9. The Morgan fingerprint density at radius 1 is 1.06 bits per heavy atom. The van der Waals surface area contributed by atoms with Crippen LogP contribution in [0.15, 0.2) is 85.7 Å². The van der Waals surface area contributed by atoms with Gasteiger partial charge in [-0.25, -0.2) is 14.4 Å². The number of aromatic nitrogens is 6. The zero-order chi connectivity index (χ0) is 21.9. The van der Waals surface area contributed by atoms with Crippen LogP contribution in [-0.4, -0.2) is 36.8 Å². The van der Waals surface area contributed by atoms with Crippen molar-refractivity contribution < 1.29 is 4.39 Å². The predicted octanol–water partition coefficient (Wildman–Crippen LogP) is 5.66. The molecular formula is C25H19FN6. The first kappa shape index (κ1) is 19.6. The highest BCUT2D eigenvalue weighted by atomic mass is 19.1. The highest BCUT2D eigenvalue weighted by molar-refractivity contribution is 5.97. The second kappa shape index (κ2) is 8.39. The van der Waals surface area contributed by atoms with Crippen LogP contribution in [-0.2, 0) is 0 Å².